The smallest absolute Gasteiger partial charge is 0.226 e. The van der Waals surface area contributed by atoms with E-state index in [1.54, 1.807) is 30.1 Å². The first-order valence-electron chi connectivity index (χ1n) is 6.74. The maximum Gasteiger partial charge on any atom is 0.226 e. The number of halogens is 1. The van der Waals surface area contributed by atoms with E-state index in [4.69, 9.17) is 5.11 Å². The Kier molecular flexibility index (Phi) is 3.84. The number of aryl methyl sites for hydroxylation is 1. The summed E-state index contributed by atoms with van der Waals surface area (Å²) >= 11 is 0. The van der Waals surface area contributed by atoms with Gasteiger partial charge in [0.25, 0.3) is 0 Å². The van der Waals surface area contributed by atoms with E-state index >= 15 is 0 Å². The summed E-state index contributed by atoms with van der Waals surface area (Å²) in [6, 6.07) is 6.11. The van der Waals surface area contributed by atoms with Crippen LogP contribution >= 0.6 is 0 Å². The average Bonchev–Trinajstić information content (AvgIpc) is 2.87. The van der Waals surface area contributed by atoms with E-state index < -0.39 is 0 Å². The van der Waals surface area contributed by atoms with Gasteiger partial charge in [0.15, 0.2) is 5.65 Å². The summed E-state index contributed by atoms with van der Waals surface area (Å²) in [6.07, 6.45) is 1.65. The van der Waals surface area contributed by atoms with Gasteiger partial charge in [-0.15, -0.1) is 0 Å². The number of aromatic nitrogens is 4. The fourth-order valence-corrected chi connectivity index (χ4v) is 2.07. The van der Waals surface area contributed by atoms with Crippen LogP contribution < -0.4 is 10.6 Å². The van der Waals surface area contributed by atoms with Crippen LogP contribution in [0.25, 0.3) is 11.0 Å². The van der Waals surface area contributed by atoms with Gasteiger partial charge in [0.05, 0.1) is 18.2 Å². The van der Waals surface area contributed by atoms with Crippen LogP contribution in [0.2, 0.25) is 0 Å². The standard InChI is InChI=1S/C14H15FN6O/c1-21-13-11(8-17-21)12(19-14(20-13)16-5-6-22)18-10-4-2-3-9(15)7-10/h2-4,7-8,22H,5-6H2,1H3,(H2,16,18,19,20). The van der Waals surface area contributed by atoms with Gasteiger partial charge in [-0.3, -0.25) is 4.68 Å². The number of hydrogen-bond acceptors (Lipinski definition) is 6. The van der Waals surface area contributed by atoms with Gasteiger partial charge in [0.1, 0.15) is 11.6 Å². The molecule has 22 heavy (non-hydrogen) atoms. The lowest BCUT2D eigenvalue weighted by Crippen LogP contribution is -2.10. The van der Waals surface area contributed by atoms with Crippen molar-refractivity contribution in [2.45, 2.75) is 0 Å². The quantitative estimate of drug-likeness (QED) is 0.664. The van der Waals surface area contributed by atoms with E-state index in [1.165, 1.54) is 12.1 Å². The summed E-state index contributed by atoms with van der Waals surface area (Å²) in [6.45, 7) is 0.308. The molecule has 0 amide bonds. The highest BCUT2D eigenvalue weighted by atomic mass is 19.1. The predicted octanol–water partition coefficient (Wildman–Crippen LogP) is 1.65. The molecule has 0 aliphatic heterocycles. The second kappa shape index (κ2) is 5.94. The zero-order chi connectivity index (χ0) is 15.5. The van der Waals surface area contributed by atoms with Gasteiger partial charge < -0.3 is 15.7 Å². The van der Waals surface area contributed by atoms with E-state index in [-0.39, 0.29) is 12.4 Å². The maximum absolute atomic E-state index is 13.3. The second-order valence-corrected chi connectivity index (χ2v) is 4.69. The zero-order valence-corrected chi connectivity index (χ0v) is 11.9. The molecular formula is C14H15FN6O. The molecule has 3 aromatic rings. The number of nitrogens with one attached hydrogen (secondary N) is 2. The lowest BCUT2D eigenvalue weighted by atomic mass is 10.3. The molecule has 0 spiro atoms. The normalized spacial score (nSPS) is 10.9. The monoisotopic (exact) mass is 302 g/mol. The Bertz CT molecular complexity index is 803. The van der Waals surface area contributed by atoms with E-state index in [0.29, 0.717) is 29.6 Å². The lowest BCUT2D eigenvalue weighted by Gasteiger charge is -2.10. The number of anilines is 3. The van der Waals surface area contributed by atoms with Crippen LogP contribution in [0.1, 0.15) is 0 Å². The molecule has 2 heterocycles. The molecule has 0 radical (unpaired) electrons. The largest absolute Gasteiger partial charge is 0.395 e. The van der Waals surface area contributed by atoms with Crippen molar-refractivity contribution < 1.29 is 9.50 Å². The molecular weight excluding hydrogens is 287 g/mol. The van der Waals surface area contributed by atoms with Gasteiger partial charge >= 0.3 is 0 Å². The molecule has 0 aliphatic carbocycles. The fraction of sp³-hybridized carbons (Fsp3) is 0.214. The van der Waals surface area contributed by atoms with Crippen molar-refractivity contribution in [3.8, 4) is 0 Å². The number of fused-ring (bicyclic) bond motifs is 1. The molecule has 0 fully saturated rings. The first kappa shape index (κ1) is 14.2. The minimum atomic E-state index is -0.333. The Morgan fingerprint density at radius 2 is 2.18 bits per heavy atom. The molecule has 8 heteroatoms. The topological polar surface area (TPSA) is 87.9 Å². The fourth-order valence-electron chi connectivity index (χ4n) is 2.07. The molecule has 3 N–H and O–H groups in total. The third-order valence-corrected chi connectivity index (χ3v) is 3.07. The number of aliphatic hydroxyl groups excluding tert-OH is 1. The summed E-state index contributed by atoms with van der Waals surface area (Å²) in [5, 5.41) is 19.8. The highest BCUT2D eigenvalue weighted by Crippen LogP contribution is 2.25. The molecule has 2 aromatic heterocycles. The van der Waals surface area contributed by atoms with Crippen molar-refractivity contribution in [1.29, 1.82) is 0 Å². The van der Waals surface area contributed by atoms with E-state index in [0.717, 1.165) is 5.39 Å². The number of nitrogens with zero attached hydrogens (tertiary/aromatic N) is 4. The number of hydrogen-bond donors (Lipinski definition) is 3. The summed E-state index contributed by atoms with van der Waals surface area (Å²) in [7, 11) is 1.77. The second-order valence-electron chi connectivity index (χ2n) is 4.69. The van der Waals surface area contributed by atoms with Crippen LogP contribution in [0.4, 0.5) is 21.8 Å². The van der Waals surface area contributed by atoms with Gasteiger partial charge in [0, 0.05) is 19.3 Å². The van der Waals surface area contributed by atoms with Gasteiger partial charge in [-0.2, -0.15) is 15.1 Å². The molecule has 0 saturated carbocycles. The van der Waals surface area contributed by atoms with Crippen LogP contribution in [0.3, 0.4) is 0 Å². The van der Waals surface area contributed by atoms with Crippen LogP contribution in [-0.2, 0) is 7.05 Å². The molecule has 0 unspecified atom stereocenters. The number of aliphatic hydroxyl groups is 1. The maximum atomic E-state index is 13.3. The summed E-state index contributed by atoms with van der Waals surface area (Å²) in [5.41, 5.74) is 1.21. The van der Waals surface area contributed by atoms with Gasteiger partial charge in [-0.25, -0.2) is 4.39 Å². The molecule has 1 aromatic carbocycles. The Morgan fingerprint density at radius 3 is 2.95 bits per heavy atom. The van der Waals surface area contributed by atoms with Crippen molar-refractivity contribution in [1.82, 2.24) is 19.7 Å². The first-order chi connectivity index (χ1) is 10.7. The van der Waals surface area contributed by atoms with Crippen molar-refractivity contribution >= 4 is 28.5 Å². The van der Waals surface area contributed by atoms with Crippen molar-refractivity contribution in [3.63, 3.8) is 0 Å². The Labute approximate surface area is 125 Å². The minimum Gasteiger partial charge on any atom is -0.395 e. The predicted molar refractivity (Wildman–Crippen MR) is 81.6 cm³/mol. The molecule has 114 valence electrons. The summed E-state index contributed by atoms with van der Waals surface area (Å²) < 4.78 is 14.9. The Morgan fingerprint density at radius 1 is 1.32 bits per heavy atom. The molecule has 0 atom stereocenters. The van der Waals surface area contributed by atoms with Gasteiger partial charge in [-0.05, 0) is 18.2 Å². The van der Waals surface area contributed by atoms with Crippen LogP contribution in [0.5, 0.6) is 0 Å². The van der Waals surface area contributed by atoms with Gasteiger partial charge in [0.2, 0.25) is 5.95 Å². The first-order valence-corrected chi connectivity index (χ1v) is 6.74. The third kappa shape index (κ3) is 2.82. The van der Waals surface area contributed by atoms with Crippen molar-refractivity contribution in [3.05, 3.63) is 36.3 Å². The van der Waals surface area contributed by atoms with Crippen molar-refractivity contribution in [2.24, 2.45) is 7.05 Å². The number of rotatable bonds is 5. The van der Waals surface area contributed by atoms with Gasteiger partial charge in [-0.1, -0.05) is 6.07 Å². The van der Waals surface area contributed by atoms with Crippen LogP contribution in [-0.4, -0.2) is 38.0 Å². The van der Waals surface area contributed by atoms with E-state index in [1.807, 2.05) is 0 Å². The third-order valence-electron chi connectivity index (χ3n) is 3.07. The molecule has 7 nitrogen and oxygen atoms in total. The molecule has 3 rings (SSSR count). The molecule has 0 bridgehead atoms. The van der Waals surface area contributed by atoms with Crippen LogP contribution in [0.15, 0.2) is 30.5 Å². The van der Waals surface area contributed by atoms with E-state index in [9.17, 15) is 4.39 Å². The Balaban J connectivity index is 2.02. The lowest BCUT2D eigenvalue weighted by molar-refractivity contribution is 0.311. The molecule has 0 saturated heterocycles. The highest BCUT2D eigenvalue weighted by molar-refractivity contribution is 5.89. The highest BCUT2D eigenvalue weighted by Gasteiger charge is 2.12. The zero-order valence-electron chi connectivity index (χ0n) is 11.9. The number of benzene rings is 1. The average molecular weight is 302 g/mol. The molecule has 0 aliphatic rings. The van der Waals surface area contributed by atoms with Crippen LogP contribution in [0, 0.1) is 5.82 Å². The SMILES string of the molecule is Cn1ncc2c(Nc3cccc(F)c3)nc(NCCO)nc21. The van der Waals surface area contributed by atoms with Crippen molar-refractivity contribution in [2.75, 3.05) is 23.8 Å². The van der Waals surface area contributed by atoms with E-state index in [2.05, 4.69) is 25.7 Å². The minimum absolute atomic E-state index is 0.0283. The summed E-state index contributed by atoms with van der Waals surface area (Å²) in [4.78, 5) is 8.70. The summed E-state index contributed by atoms with van der Waals surface area (Å²) in [5.74, 6) is 0.549. The Hall–Kier alpha value is -2.74.